The summed E-state index contributed by atoms with van der Waals surface area (Å²) >= 11 is 0. The van der Waals surface area contributed by atoms with Crippen LogP contribution in [0, 0.1) is 0 Å². The molecule has 0 aromatic rings. The van der Waals surface area contributed by atoms with Gasteiger partial charge in [-0.15, -0.1) is 0 Å². The zero-order valence-electron chi connectivity index (χ0n) is 12.4. The molecule has 19 heavy (non-hydrogen) atoms. The molecule has 1 aliphatic rings. The number of hydrogen-bond donors (Lipinski definition) is 0. The first kappa shape index (κ1) is 16.3. The topological polar surface area (TPSA) is 26.3 Å². The largest absolute Gasteiger partial charge is 0.466 e. The minimum atomic E-state index is 0.000937. The summed E-state index contributed by atoms with van der Waals surface area (Å²) < 4.78 is 5.24. The Morgan fingerprint density at radius 2 is 1.21 bits per heavy atom. The van der Waals surface area contributed by atoms with Crippen molar-refractivity contribution in [2.45, 2.75) is 83.5 Å². The van der Waals surface area contributed by atoms with Crippen LogP contribution in [0.25, 0.3) is 0 Å². The molecule has 110 valence electrons. The predicted molar refractivity (Wildman–Crippen MR) is 80.1 cm³/mol. The average Bonchev–Trinajstić information content (AvgIpc) is 2.41. The first-order chi connectivity index (χ1) is 9.39. The standard InChI is InChI=1S/C17H30O2/c18-17-15-13-11-9-7-5-3-1-2-4-6-8-10-12-14-16-19-17/h1,3H,2,4-16H2. The highest BCUT2D eigenvalue weighted by atomic mass is 16.5. The molecule has 1 aliphatic heterocycles. The fourth-order valence-electron chi connectivity index (χ4n) is 2.45. The molecule has 0 atom stereocenters. The van der Waals surface area contributed by atoms with Crippen molar-refractivity contribution < 1.29 is 9.53 Å². The van der Waals surface area contributed by atoms with E-state index in [0.29, 0.717) is 13.0 Å². The molecule has 0 amide bonds. The summed E-state index contributed by atoms with van der Waals surface area (Å²) in [5, 5.41) is 0. The molecule has 0 N–H and O–H groups in total. The van der Waals surface area contributed by atoms with Crippen LogP contribution in [0.3, 0.4) is 0 Å². The number of carbonyl (C=O) groups is 1. The third-order valence-corrected chi connectivity index (χ3v) is 3.70. The van der Waals surface area contributed by atoms with E-state index < -0.39 is 0 Å². The summed E-state index contributed by atoms with van der Waals surface area (Å²) in [5.41, 5.74) is 0. The van der Waals surface area contributed by atoms with Crippen LogP contribution >= 0.6 is 0 Å². The van der Waals surface area contributed by atoms with Crippen LogP contribution in [0.5, 0.6) is 0 Å². The van der Waals surface area contributed by atoms with Gasteiger partial charge in [0.25, 0.3) is 0 Å². The molecule has 0 radical (unpaired) electrons. The van der Waals surface area contributed by atoms with Crippen LogP contribution in [-0.2, 0) is 9.53 Å². The lowest BCUT2D eigenvalue weighted by molar-refractivity contribution is -0.143. The van der Waals surface area contributed by atoms with Crippen LogP contribution in [-0.4, -0.2) is 12.6 Å². The fourth-order valence-corrected chi connectivity index (χ4v) is 2.45. The molecular formula is C17H30O2. The lowest BCUT2D eigenvalue weighted by Crippen LogP contribution is -2.05. The molecule has 0 spiro atoms. The highest BCUT2D eigenvalue weighted by molar-refractivity contribution is 5.69. The van der Waals surface area contributed by atoms with E-state index in [-0.39, 0.29) is 5.97 Å². The van der Waals surface area contributed by atoms with E-state index in [1.165, 1.54) is 57.8 Å². The summed E-state index contributed by atoms with van der Waals surface area (Å²) in [7, 11) is 0. The van der Waals surface area contributed by atoms with Gasteiger partial charge in [0.2, 0.25) is 0 Å². The van der Waals surface area contributed by atoms with Gasteiger partial charge < -0.3 is 4.74 Å². The van der Waals surface area contributed by atoms with Gasteiger partial charge in [0, 0.05) is 6.42 Å². The third kappa shape index (κ3) is 10.8. The van der Waals surface area contributed by atoms with Gasteiger partial charge in [-0.25, -0.2) is 0 Å². The Morgan fingerprint density at radius 1 is 0.684 bits per heavy atom. The second-order valence-electron chi connectivity index (χ2n) is 5.55. The second kappa shape index (κ2) is 12.3. The summed E-state index contributed by atoms with van der Waals surface area (Å²) in [6, 6.07) is 0. The van der Waals surface area contributed by atoms with Crippen molar-refractivity contribution in [1.82, 2.24) is 0 Å². The van der Waals surface area contributed by atoms with Crippen LogP contribution in [0.4, 0.5) is 0 Å². The number of ether oxygens (including phenoxy) is 1. The maximum atomic E-state index is 11.4. The SMILES string of the molecule is O=C1CCCCCCC=CCCCCCCCCO1. The van der Waals surface area contributed by atoms with E-state index in [2.05, 4.69) is 12.2 Å². The Labute approximate surface area is 118 Å². The van der Waals surface area contributed by atoms with Crippen LogP contribution in [0.2, 0.25) is 0 Å². The van der Waals surface area contributed by atoms with Crippen molar-refractivity contribution in [3.63, 3.8) is 0 Å². The minimum absolute atomic E-state index is 0.000937. The van der Waals surface area contributed by atoms with Crippen molar-refractivity contribution in [2.24, 2.45) is 0 Å². The van der Waals surface area contributed by atoms with Gasteiger partial charge in [-0.05, 0) is 38.5 Å². The molecule has 2 nitrogen and oxygen atoms in total. The van der Waals surface area contributed by atoms with E-state index >= 15 is 0 Å². The molecule has 0 aromatic carbocycles. The van der Waals surface area contributed by atoms with Gasteiger partial charge in [0.1, 0.15) is 0 Å². The Hall–Kier alpha value is -0.790. The molecule has 0 aliphatic carbocycles. The number of hydrogen-bond acceptors (Lipinski definition) is 2. The molecule has 2 heteroatoms. The van der Waals surface area contributed by atoms with Crippen LogP contribution in [0.1, 0.15) is 83.5 Å². The van der Waals surface area contributed by atoms with Crippen molar-refractivity contribution in [3.8, 4) is 0 Å². The van der Waals surface area contributed by atoms with Crippen LogP contribution in [0.15, 0.2) is 12.2 Å². The summed E-state index contributed by atoms with van der Waals surface area (Å²) in [5.74, 6) is 0.000937. The fraction of sp³-hybridized carbons (Fsp3) is 0.824. The molecular weight excluding hydrogens is 236 g/mol. The van der Waals surface area contributed by atoms with Gasteiger partial charge >= 0.3 is 5.97 Å². The number of allylic oxidation sites excluding steroid dienone is 2. The van der Waals surface area contributed by atoms with Gasteiger partial charge in [0.15, 0.2) is 0 Å². The smallest absolute Gasteiger partial charge is 0.305 e. The number of carbonyl (C=O) groups excluding carboxylic acids is 1. The normalized spacial score (nSPS) is 22.2. The highest BCUT2D eigenvalue weighted by Gasteiger charge is 2.02. The molecule has 0 unspecified atom stereocenters. The van der Waals surface area contributed by atoms with E-state index in [9.17, 15) is 4.79 Å². The van der Waals surface area contributed by atoms with Gasteiger partial charge in [-0.3, -0.25) is 4.79 Å². The maximum Gasteiger partial charge on any atom is 0.305 e. The minimum Gasteiger partial charge on any atom is -0.466 e. The average molecular weight is 266 g/mol. The first-order valence-corrected chi connectivity index (χ1v) is 8.20. The van der Waals surface area contributed by atoms with Crippen molar-refractivity contribution in [1.29, 1.82) is 0 Å². The van der Waals surface area contributed by atoms with Gasteiger partial charge in [-0.2, -0.15) is 0 Å². The molecule has 0 saturated carbocycles. The predicted octanol–water partition coefficient (Wildman–Crippen LogP) is 5.17. The molecule has 1 heterocycles. The van der Waals surface area contributed by atoms with E-state index in [4.69, 9.17) is 4.74 Å². The second-order valence-corrected chi connectivity index (χ2v) is 5.55. The summed E-state index contributed by atoms with van der Waals surface area (Å²) in [6.45, 7) is 0.627. The van der Waals surface area contributed by atoms with Crippen LogP contribution < -0.4 is 0 Å². The van der Waals surface area contributed by atoms with Crippen molar-refractivity contribution in [2.75, 3.05) is 6.61 Å². The zero-order chi connectivity index (χ0) is 13.6. The quantitative estimate of drug-likeness (QED) is 0.446. The third-order valence-electron chi connectivity index (χ3n) is 3.70. The van der Waals surface area contributed by atoms with Crippen molar-refractivity contribution >= 4 is 5.97 Å². The van der Waals surface area contributed by atoms with E-state index in [0.717, 1.165) is 19.3 Å². The Balaban J connectivity index is 2.16. The highest BCUT2D eigenvalue weighted by Crippen LogP contribution is 2.10. The number of esters is 1. The van der Waals surface area contributed by atoms with Gasteiger partial charge in [0.05, 0.1) is 6.61 Å². The molecule has 0 aromatic heterocycles. The number of cyclic esters (lactones) is 1. The number of rotatable bonds is 0. The molecule has 0 saturated heterocycles. The van der Waals surface area contributed by atoms with E-state index in [1.54, 1.807) is 0 Å². The zero-order valence-corrected chi connectivity index (χ0v) is 12.4. The maximum absolute atomic E-state index is 11.4. The molecule has 0 fully saturated rings. The molecule has 1 rings (SSSR count). The van der Waals surface area contributed by atoms with Crippen molar-refractivity contribution in [3.05, 3.63) is 12.2 Å². The lowest BCUT2D eigenvalue weighted by Gasteiger charge is -2.05. The Kier molecular flexibility index (Phi) is 10.5. The lowest BCUT2D eigenvalue weighted by atomic mass is 10.1. The monoisotopic (exact) mass is 266 g/mol. The van der Waals surface area contributed by atoms with Gasteiger partial charge in [-0.1, -0.05) is 50.7 Å². The summed E-state index contributed by atoms with van der Waals surface area (Å²) in [6.07, 6.45) is 19.9. The van der Waals surface area contributed by atoms with E-state index in [1.807, 2.05) is 0 Å². The molecule has 0 bridgehead atoms. The summed E-state index contributed by atoms with van der Waals surface area (Å²) in [4.78, 5) is 11.4. The first-order valence-electron chi connectivity index (χ1n) is 8.20. The Morgan fingerprint density at radius 3 is 1.89 bits per heavy atom. The Bertz CT molecular complexity index is 246.